The van der Waals surface area contributed by atoms with Crippen LogP contribution >= 0.6 is 11.6 Å². The molecule has 0 aliphatic carbocycles. The lowest BCUT2D eigenvalue weighted by atomic mass is 9.97. The molecule has 3 N–H and O–H groups in total. The molecule has 33 heavy (non-hydrogen) atoms. The minimum absolute atomic E-state index is 0.00750. The second kappa shape index (κ2) is 8.63. The fraction of sp³-hybridized carbons (Fsp3) is 0.316. The molecule has 1 unspecified atom stereocenters. The van der Waals surface area contributed by atoms with Gasteiger partial charge in [-0.1, -0.05) is 11.6 Å². The molecule has 0 aromatic heterocycles. The molecule has 14 heteroatoms. The molecule has 10 nitrogen and oxygen atoms in total. The summed E-state index contributed by atoms with van der Waals surface area (Å²) in [5.74, 6) is -0.732. The monoisotopic (exact) mass is 521 g/mol. The van der Waals surface area contributed by atoms with Crippen LogP contribution in [0.4, 0.5) is 20.6 Å². The average molecular weight is 522 g/mol. The number of sulfonamides is 2. The number of benzene rings is 2. The topological polar surface area (TPSA) is 142 Å². The van der Waals surface area contributed by atoms with E-state index in [2.05, 4.69) is 10.0 Å². The number of hydrogen-bond acceptors (Lipinski definition) is 6. The van der Waals surface area contributed by atoms with E-state index in [1.807, 2.05) is 0 Å². The highest BCUT2D eigenvalue weighted by molar-refractivity contribution is 7.92. The molecule has 1 atom stereocenters. The van der Waals surface area contributed by atoms with Gasteiger partial charge in [0.2, 0.25) is 10.0 Å². The van der Waals surface area contributed by atoms with Crippen LogP contribution in [0.25, 0.3) is 0 Å². The lowest BCUT2D eigenvalue weighted by Gasteiger charge is -2.42. The smallest absolute Gasteiger partial charge is 0.409 e. The van der Waals surface area contributed by atoms with Crippen molar-refractivity contribution in [3.05, 3.63) is 47.2 Å². The third-order valence-electron chi connectivity index (χ3n) is 4.81. The summed E-state index contributed by atoms with van der Waals surface area (Å²) in [4.78, 5) is 10.7. The zero-order valence-electron chi connectivity index (χ0n) is 17.7. The predicted molar refractivity (Wildman–Crippen MR) is 121 cm³/mol. The Morgan fingerprint density at radius 3 is 2.45 bits per heavy atom. The average Bonchev–Trinajstić information content (AvgIpc) is 2.66. The summed E-state index contributed by atoms with van der Waals surface area (Å²) in [6.45, 7) is 2.73. The fourth-order valence-corrected chi connectivity index (χ4v) is 6.19. The largest absolute Gasteiger partial charge is 0.484 e. The maximum atomic E-state index is 13.6. The van der Waals surface area contributed by atoms with E-state index in [4.69, 9.17) is 21.4 Å². The Balaban J connectivity index is 2.15. The van der Waals surface area contributed by atoms with Crippen LogP contribution in [0.5, 0.6) is 5.75 Å². The number of nitrogens with zero attached hydrogens (tertiary/aromatic N) is 1. The molecule has 3 rings (SSSR count). The maximum Gasteiger partial charge on any atom is 0.409 e. The van der Waals surface area contributed by atoms with Gasteiger partial charge in [0.15, 0.2) is 0 Å². The van der Waals surface area contributed by atoms with Gasteiger partial charge in [0, 0.05) is 5.69 Å². The molecule has 180 valence electrons. The van der Waals surface area contributed by atoms with Crippen LogP contribution in [-0.2, 0) is 20.0 Å². The quantitative estimate of drug-likeness (QED) is 0.530. The van der Waals surface area contributed by atoms with Crippen LogP contribution in [0.15, 0.2) is 41.3 Å². The molecule has 1 heterocycles. The Morgan fingerprint density at radius 2 is 1.88 bits per heavy atom. The van der Waals surface area contributed by atoms with Crippen molar-refractivity contribution in [2.45, 2.75) is 30.4 Å². The normalized spacial score (nSPS) is 16.6. The first-order valence-corrected chi connectivity index (χ1v) is 13.1. The summed E-state index contributed by atoms with van der Waals surface area (Å²) >= 11 is 5.78. The molecule has 2 aromatic carbocycles. The van der Waals surface area contributed by atoms with Crippen LogP contribution in [0, 0.1) is 5.82 Å². The Hall–Kier alpha value is -2.61. The summed E-state index contributed by atoms with van der Waals surface area (Å²) in [6, 6.07) is 6.90. The van der Waals surface area contributed by atoms with Crippen molar-refractivity contribution in [3.8, 4) is 5.75 Å². The molecule has 0 fully saturated rings. The van der Waals surface area contributed by atoms with Gasteiger partial charge < -0.3 is 9.84 Å². The summed E-state index contributed by atoms with van der Waals surface area (Å²) in [5.41, 5.74) is -1.15. The lowest BCUT2D eigenvalue weighted by molar-refractivity contribution is 0.119. The van der Waals surface area contributed by atoms with E-state index in [0.717, 1.165) is 28.8 Å². The number of anilines is 2. The van der Waals surface area contributed by atoms with Crippen LogP contribution in [0.1, 0.15) is 13.8 Å². The van der Waals surface area contributed by atoms with Gasteiger partial charge in [0.05, 0.1) is 33.9 Å². The minimum atomic E-state index is -4.35. The van der Waals surface area contributed by atoms with Gasteiger partial charge in [-0.05, 0) is 50.2 Å². The van der Waals surface area contributed by atoms with E-state index >= 15 is 0 Å². The molecular formula is C19H21ClFN3O7S2. The third-order valence-corrected chi connectivity index (χ3v) is 7.77. The Bertz CT molecular complexity index is 1320. The molecule has 0 spiro atoms. The molecule has 1 aliphatic heterocycles. The van der Waals surface area contributed by atoms with Crippen molar-refractivity contribution in [2.24, 2.45) is 0 Å². The van der Waals surface area contributed by atoms with E-state index in [0.29, 0.717) is 0 Å². The first kappa shape index (κ1) is 25.0. The van der Waals surface area contributed by atoms with Crippen molar-refractivity contribution in [1.29, 1.82) is 0 Å². The summed E-state index contributed by atoms with van der Waals surface area (Å²) in [7, 11) is -8.02. The lowest BCUT2D eigenvalue weighted by Crippen LogP contribution is -2.60. The van der Waals surface area contributed by atoms with Crippen LogP contribution in [0.2, 0.25) is 5.02 Å². The van der Waals surface area contributed by atoms with E-state index < -0.39 is 48.6 Å². The number of nitrogens with one attached hydrogen (secondary N) is 2. The number of carbonyl (C=O) groups is 1. The Morgan fingerprint density at radius 1 is 1.21 bits per heavy atom. The fourth-order valence-electron chi connectivity index (χ4n) is 3.36. The van der Waals surface area contributed by atoms with E-state index in [9.17, 15) is 26.0 Å². The van der Waals surface area contributed by atoms with Crippen LogP contribution in [0.3, 0.4) is 0 Å². The van der Waals surface area contributed by atoms with E-state index in [1.165, 1.54) is 32.0 Å². The van der Waals surface area contributed by atoms with Gasteiger partial charge in [0.25, 0.3) is 10.0 Å². The standard InChI is InChI=1S/C19H21ClFN3O7S2/c1-19(2,23-32(3,27)28)17-10-24(33(29,30)12-5-6-14(21)13(20)9-12)15-8-11(22-18(25)26)4-7-16(15)31-17/h4-9,17,22-23H,10H2,1-3H3,(H,25,26). The molecule has 1 amide bonds. The molecular weight excluding hydrogens is 501 g/mol. The first-order valence-electron chi connectivity index (χ1n) is 9.37. The highest BCUT2D eigenvalue weighted by atomic mass is 35.5. The molecule has 1 aliphatic rings. The van der Waals surface area contributed by atoms with E-state index in [-0.39, 0.29) is 28.6 Å². The second-order valence-electron chi connectivity index (χ2n) is 7.93. The summed E-state index contributed by atoms with van der Waals surface area (Å²) in [5, 5.41) is 10.7. The van der Waals surface area contributed by atoms with Crippen LogP contribution < -0.4 is 19.1 Å². The molecule has 0 bridgehead atoms. The minimum Gasteiger partial charge on any atom is -0.484 e. The number of hydrogen-bond donors (Lipinski definition) is 3. The molecule has 2 aromatic rings. The number of halogens is 2. The van der Waals surface area contributed by atoms with Gasteiger partial charge in [0.1, 0.15) is 17.7 Å². The van der Waals surface area contributed by atoms with Crippen molar-refractivity contribution in [2.75, 3.05) is 22.4 Å². The second-order valence-corrected chi connectivity index (χ2v) is 11.9. The third kappa shape index (κ3) is 5.49. The van der Waals surface area contributed by atoms with Gasteiger partial charge in [-0.25, -0.2) is 30.7 Å². The Labute approximate surface area is 195 Å². The van der Waals surface area contributed by atoms with Crippen molar-refractivity contribution < 1.29 is 35.9 Å². The SMILES string of the molecule is CC(C)(NS(C)(=O)=O)C1CN(S(=O)(=O)c2ccc(F)c(Cl)c2)c2cc(NC(=O)O)ccc2O1. The van der Waals surface area contributed by atoms with Gasteiger partial charge in [-0.2, -0.15) is 0 Å². The maximum absolute atomic E-state index is 13.6. The van der Waals surface area contributed by atoms with E-state index in [1.54, 1.807) is 0 Å². The number of fused-ring (bicyclic) bond motifs is 1. The number of carboxylic acid groups (broad SMARTS) is 1. The summed E-state index contributed by atoms with van der Waals surface area (Å²) in [6.07, 6.45) is -1.38. The van der Waals surface area contributed by atoms with Crippen molar-refractivity contribution in [3.63, 3.8) is 0 Å². The van der Waals surface area contributed by atoms with Crippen molar-refractivity contribution >= 4 is 49.1 Å². The number of ether oxygens (including phenoxy) is 1. The van der Waals surface area contributed by atoms with Crippen LogP contribution in [-0.4, -0.2) is 52.5 Å². The number of amides is 1. The summed E-state index contributed by atoms with van der Waals surface area (Å²) < 4.78 is 73.6. The predicted octanol–water partition coefficient (Wildman–Crippen LogP) is 2.85. The first-order chi connectivity index (χ1) is 15.1. The van der Waals surface area contributed by atoms with Gasteiger partial charge in [-0.15, -0.1) is 0 Å². The zero-order valence-corrected chi connectivity index (χ0v) is 20.1. The zero-order chi connectivity index (χ0) is 24.8. The highest BCUT2D eigenvalue weighted by Gasteiger charge is 2.43. The van der Waals surface area contributed by atoms with Gasteiger partial charge in [-0.3, -0.25) is 9.62 Å². The molecule has 0 saturated carbocycles. The molecule has 0 saturated heterocycles. The molecule has 0 radical (unpaired) electrons. The Kier molecular flexibility index (Phi) is 6.54. The highest BCUT2D eigenvalue weighted by Crippen LogP contribution is 2.41. The van der Waals surface area contributed by atoms with Gasteiger partial charge >= 0.3 is 6.09 Å². The van der Waals surface area contributed by atoms with Crippen molar-refractivity contribution in [1.82, 2.24) is 4.72 Å². The number of rotatable bonds is 6.